The Morgan fingerprint density at radius 1 is 0.957 bits per heavy atom. The third-order valence-corrected chi connectivity index (χ3v) is 3.36. The number of carboxylic acids is 2. The van der Waals surface area contributed by atoms with Crippen molar-refractivity contribution in [2.45, 2.75) is 58.4 Å². The molecule has 2 atom stereocenters. The van der Waals surface area contributed by atoms with E-state index in [-0.39, 0.29) is 50.1 Å². The Hall–Kier alpha value is -2.25. The molecule has 23 heavy (non-hydrogen) atoms. The van der Waals surface area contributed by atoms with E-state index in [1.165, 1.54) is 6.92 Å². The lowest BCUT2D eigenvalue weighted by atomic mass is 9.96. The molecule has 130 valence electrons. The highest BCUT2D eigenvalue weighted by Gasteiger charge is 2.24. The van der Waals surface area contributed by atoms with Crippen LogP contribution < -0.4 is 5.32 Å². The Bertz CT molecular complexity index is 472. The number of Topliss-reactive ketones (excluding diaryl/α,β-unsaturated/α-hetero) is 2. The zero-order valence-corrected chi connectivity index (χ0v) is 13.3. The number of carbonyl (C=O) groups excluding carboxylic acids is 3. The predicted octanol–water partition coefficient (Wildman–Crippen LogP) is 0.775. The number of hydrogen-bond donors (Lipinski definition) is 3. The first-order valence-electron chi connectivity index (χ1n) is 7.43. The molecule has 0 spiro atoms. The van der Waals surface area contributed by atoms with E-state index in [0.717, 1.165) is 0 Å². The lowest BCUT2D eigenvalue weighted by Crippen LogP contribution is -2.41. The van der Waals surface area contributed by atoms with E-state index >= 15 is 0 Å². The van der Waals surface area contributed by atoms with Crippen molar-refractivity contribution < 1.29 is 34.2 Å². The van der Waals surface area contributed by atoms with Gasteiger partial charge < -0.3 is 20.3 Å². The van der Waals surface area contributed by atoms with Gasteiger partial charge in [-0.15, -0.1) is 0 Å². The second kappa shape index (κ2) is 10.5. The lowest BCUT2D eigenvalue weighted by molar-refractivity contribution is -0.145. The van der Waals surface area contributed by atoms with Crippen molar-refractivity contribution in [2.75, 3.05) is 0 Å². The third-order valence-electron chi connectivity index (χ3n) is 3.36. The van der Waals surface area contributed by atoms with Crippen LogP contribution in [0, 0.1) is 5.92 Å². The SMILES string of the molecule is CCC(=O)C[C@@H](CCC(=O)N[C@@H](CCC(C)=O)C(=O)O)C(=O)O. The molecule has 0 bridgehead atoms. The second-order valence-electron chi connectivity index (χ2n) is 5.37. The van der Waals surface area contributed by atoms with Crippen LogP contribution >= 0.6 is 0 Å². The summed E-state index contributed by atoms with van der Waals surface area (Å²) in [4.78, 5) is 56.0. The van der Waals surface area contributed by atoms with E-state index < -0.39 is 29.8 Å². The van der Waals surface area contributed by atoms with Crippen molar-refractivity contribution in [3.8, 4) is 0 Å². The molecule has 0 aliphatic carbocycles. The molecule has 0 aromatic carbocycles. The topological polar surface area (TPSA) is 138 Å². The number of carboxylic acid groups (broad SMARTS) is 2. The molecule has 0 fully saturated rings. The van der Waals surface area contributed by atoms with Gasteiger partial charge in [-0.05, 0) is 19.8 Å². The summed E-state index contributed by atoms with van der Waals surface area (Å²) in [5.41, 5.74) is 0. The normalized spacial score (nSPS) is 13.0. The van der Waals surface area contributed by atoms with E-state index in [1.807, 2.05) is 0 Å². The monoisotopic (exact) mass is 329 g/mol. The highest BCUT2D eigenvalue weighted by molar-refractivity contribution is 5.86. The fraction of sp³-hybridized carbons (Fsp3) is 0.667. The number of nitrogens with one attached hydrogen (secondary N) is 1. The van der Waals surface area contributed by atoms with E-state index in [4.69, 9.17) is 10.2 Å². The van der Waals surface area contributed by atoms with Crippen molar-refractivity contribution in [2.24, 2.45) is 5.92 Å². The smallest absolute Gasteiger partial charge is 0.326 e. The number of rotatable bonds is 12. The third kappa shape index (κ3) is 9.38. The fourth-order valence-electron chi connectivity index (χ4n) is 1.91. The quantitative estimate of drug-likeness (QED) is 0.481. The zero-order valence-electron chi connectivity index (χ0n) is 13.3. The summed E-state index contributed by atoms with van der Waals surface area (Å²) in [5, 5.41) is 20.3. The van der Waals surface area contributed by atoms with E-state index in [0.29, 0.717) is 0 Å². The first kappa shape index (κ1) is 20.8. The van der Waals surface area contributed by atoms with Crippen molar-refractivity contribution in [3.63, 3.8) is 0 Å². The molecule has 0 aliphatic heterocycles. The van der Waals surface area contributed by atoms with Crippen molar-refractivity contribution >= 4 is 29.4 Å². The summed E-state index contributed by atoms with van der Waals surface area (Å²) in [6.07, 6.45) is -0.162. The number of carbonyl (C=O) groups is 5. The maximum atomic E-state index is 11.7. The van der Waals surface area contributed by atoms with Gasteiger partial charge in [-0.2, -0.15) is 0 Å². The molecule has 3 N–H and O–H groups in total. The van der Waals surface area contributed by atoms with Gasteiger partial charge in [0.1, 0.15) is 17.6 Å². The molecule has 8 heteroatoms. The van der Waals surface area contributed by atoms with Crippen molar-refractivity contribution in [3.05, 3.63) is 0 Å². The summed E-state index contributed by atoms with van der Waals surface area (Å²) in [6, 6.07) is -1.19. The Morgan fingerprint density at radius 2 is 1.57 bits per heavy atom. The van der Waals surface area contributed by atoms with Gasteiger partial charge in [-0.3, -0.25) is 14.4 Å². The number of hydrogen-bond acceptors (Lipinski definition) is 5. The standard InChI is InChI=1S/C15H23NO7/c1-3-11(18)8-10(14(20)21)5-7-13(19)16-12(15(22)23)6-4-9(2)17/h10,12H,3-8H2,1-2H3,(H,16,19)(H,20,21)(H,22,23)/t10-,12+/m1/s1. The molecule has 8 nitrogen and oxygen atoms in total. The van der Waals surface area contributed by atoms with Gasteiger partial charge in [0.15, 0.2) is 0 Å². The first-order valence-corrected chi connectivity index (χ1v) is 7.43. The Labute approximate surface area is 134 Å². The minimum atomic E-state index is -1.25. The number of ketones is 2. The van der Waals surface area contributed by atoms with Gasteiger partial charge in [0.25, 0.3) is 0 Å². The van der Waals surface area contributed by atoms with Gasteiger partial charge in [-0.1, -0.05) is 6.92 Å². The highest BCUT2D eigenvalue weighted by atomic mass is 16.4. The highest BCUT2D eigenvalue weighted by Crippen LogP contribution is 2.13. The summed E-state index contributed by atoms with van der Waals surface area (Å²) < 4.78 is 0. The average molecular weight is 329 g/mol. The average Bonchev–Trinajstić information content (AvgIpc) is 2.46. The van der Waals surface area contributed by atoms with E-state index in [2.05, 4.69) is 5.32 Å². The van der Waals surface area contributed by atoms with Crippen LogP contribution in [0.1, 0.15) is 52.4 Å². The van der Waals surface area contributed by atoms with Gasteiger partial charge >= 0.3 is 11.9 Å². The Morgan fingerprint density at radius 3 is 2.00 bits per heavy atom. The minimum Gasteiger partial charge on any atom is -0.481 e. The lowest BCUT2D eigenvalue weighted by Gasteiger charge is -2.15. The van der Waals surface area contributed by atoms with Crippen molar-refractivity contribution in [1.29, 1.82) is 0 Å². The van der Waals surface area contributed by atoms with Crippen LogP contribution in [-0.4, -0.2) is 45.7 Å². The van der Waals surface area contributed by atoms with Crippen LogP contribution in [0.2, 0.25) is 0 Å². The Balaban J connectivity index is 4.48. The van der Waals surface area contributed by atoms with Crippen LogP contribution in [-0.2, 0) is 24.0 Å². The fourth-order valence-corrected chi connectivity index (χ4v) is 1.91. The molecule has 0 unspecified atom stereocenters. The summed E-state index contributed by atoms with van der Waals surface area (Å²) in [6.45, 7) is 2.95. The Kier molecular flexibility index (Phi) is 9.45. The molecule has 0 radical (unpaired) electrons. The molecule has 0 heterocycles. The molecular formula is C15H23NO7. The molecule has 0 aromatic heterocycles. The summed E-state index contributed by atoms with van der Waals surface area (Å²) in [7, 11) is 0. The molecular weight excluding hydrogens is 306 g/mol. The van der Waals surface area contributed by atoms with Gasteiger partial charge in [-0.25, -0.2) is 4.79 Å². The van der Waals surface area contributed by atoms with Crippen LogP contribution in [0.3, 0.4) is 0 Å². The van der Waals surface area contributed by atoms with Gasteiger partial charge in [0.05, 0.1) is 5.92 Å². The van der Waals surface area contributed by atoms with Crippen LogP contribution in [0.25, 0.3) is 0 Å². The first-order chi connectivity index (χ1) is 10.7. The summed E-state index contributed by atoms with van der Waals surface area (Å²) >= 11 is 0. The molecule has 0 rings (SSSR count). The minimum absolute atomic E-state index is 0.0207. The van der Waals surface area contributed by atoms with Crippen molar-refractivity contribution in [1.82, 2.24) is 5.32 Å². The van der Waals surface area contributed by atoms with E-state index in [1.54, 1.807) is 6.92 Å². The molecule has 1 amide bonds. The van der Waals surface area contributed by atoms with Crippen LogP contribution in [0.5, 0.6) is 0 Å². The van der Waals surface area contributed by atoms with E-state index in [9.17, 15) is 24.0 Å². The number of amides is 1. The maximum absolute atomic E-state index is 11.7. The second-order valence-corrected chi connectivity index (χ2v) is 5.37. The van der Waals surface area contributed by atoms with Gasteiger partial charge in [0.2, 0.25) is 5.91 Å². The molecule has 0 aliphatic rings. The van der Waals surface area contributed by atoms with Gasteiger partial charge in [0, 0.05) is 25.7 Å². The summed E-state index contributed by atoms with van der Waals surface area (Å²) in [5.74, 6) is -4.39. The predicted molar refractivity (Wildman–Crippen MR) is 79.8 cm³/mol. The zero-order chi connectivity index (χ0) is 18.0. The molecule has 0 aromatic rings. The van der Waals surface area contributed by atoms with Crippen LogP contribution in [0.4, 0.5) is 0 Å². The van der Waals surface area contributed by atoms with Crippen LogP contribution in [0.15, 0.2) is 0 Å². The number of aliphatic carboxylic acids is 2. The largest absolute Gasteiger partial charge is 0.481 e. The maximum Gasteiger partial charge on any atom is 0.326 e. The molecule has 0 saturated carbocycles. The molecule has 0 saturated heterocycles.